The van der Waals surface area contributed by atoms with E-state index in [0.717, 1.165) is 6.42 Å². The van der Waals surface area contributed by atoms with Gasteiger partial charge in [0.15, 0.2) is 0 Å². The summed E-state index contributed by atoms with van der Waals surface area (Å²) < 4.78 is 41.2. The van der Waals surface area contributed by atoms with Crippen molar-refractivity contribution in [3.8, 4) is 0 Å². The van der Waals surface area contributed by atoms with Gasteiger partial charge in [-0.3, -0.25) is 0 Å². The summed E-state index contributed by atoms with van der Waals surface area (Å²) in [5.41, 5.74) is -1.45. The highest BCUT2D eigenvalue weighted by Crippen LogP contribution is 2.26. The van der Waals surface area contributed by atoms with Crippen LogP contribution in [-0.4, -0.2) is 18.2 Å². The maximum Gasteiger partial charge on any atom is 0.422 e. The Morgan fingerprint density at radius 1 is 1.38 bits per heavy atom. The van der Waals surface area contributed by atoms with Crippen LogP contribution in [0.3, 0.4) is 0 Å². The number of rotatable bonds is 5. The molecule has 0 heterocycles. The van der Waals surface area contributed by atoms with Crippen molar-refractivity contribution in [2.24, 2.45) is 5.92 Å². The van der Waals surface area contributed by atoms with Gasteiger partial charge in [-0.1, -0.05) is 33.8 Å². The van der Waals surface area contributed by atoms with Gasteiger partial charge >= 0.3 is 12.1 Å². The first-order valence-electron chi connectivity index (χ1n) is 5.17. The van der Waals surface area contributed by atoms with Gasteiger partial charge in [0, 0.05) is 0 Å². The van der Waals surface area contributed by atoms with E-state index in [1.807, 2.05) is 6.92 Å². The average Bonchev–Trinajstić information content (AvgIpc) is 2.14. The monoisotopic (exact) mass is 238 g/mol. The van der Waals surface area contributed by atoms with Gasteiger partial charge in [-0.2, -0.15) is 13.2 Å². The summed E-state index contributed by atoms with van der Waals surface area (Å²) in [6, 6.07) is 0. The van der Waals surface area contributed by atoms with E-state index in [0.29, 0.717) is 6.42 Å². The predicted molar refractivity (Wildman–Crippen MR) is 54.8 cm³/mol. The molecule has 1 unspecified atom stereocenters. The standard InChI is InChI=1S/C11H17F3O2/c1-5-6-9(7(2)3)16-10(15)8(4)11(12,13)14/h7,9H,4-6H2,1-3H3. The second kappa shape index (κ2) is 5.92. The molecule has 5 heteroatoms. The Morgan fingerprint density at radius 3 is 2.19 bits per heavy atom. The molecule has 2 nitrogen and oxygen atoms in total. The maximum atomic E-state index is 12.1. The highest BCUT2D eigenvalue weighted by molar-refractivity contribution is 5.89. The zero-order valence-electron chi connectivity index (χ0n) is 9.73. The van der Waals surface area contributed by atoms with E-state index in [-0.39, 0.29) is 5.92 Å². The second-order valence-corrected chi connectivity index (χ2v) is 3.95. The third-order valence-corrected chi connectivity index (χ3v) is 2.16. The summed E-state index contributed by atoms with van der Waals surface area (Å²) in [5.74, 6) is -1.38. The Labute approximate surface area is 93.5 Å². The van der Waals surface area contributed by atoms with Gasteiger partial charge in [-0.15, -0.1) is 0 Å². The molecular formula is C11H17F3O2. The van der Waals surface area contributed by atoms with Gasteiger partial charge < -0.3 is 4.74 Å². The average molecular weight is 238 g/mol. The lowest BCUT2D eigenvalue weighted by atomic mass is 10.0. The Bertz CT molecular complexity index is 256. The Balaban J connectivity index is 4.47. The molecule has 0 aromatic heterocycles. The molecule has 0 aliphatic heterocycles. The summed E-state index contributed by atoms with van der Waals surface area (Å²) in [4.78, 5) is 11.1. The number of carbonyl (C=O) groups is 1. The van der Waals surface area contributed by atoms with E-state index in [9.17, 15) is 18.0 Å². The lowest BCUT2D eigenvalue weighted by Crippen LogP contribution is -2.28. The molecule has 0 amide bonds. The van der Waals surface area contributed by atoms with Crippen LogP contribution < -0.4 is 0 Å². The quantitative estimate of drug-likeness (QED) is 0.541. The number of ether oxygens (including phenoxy) is 1. The molecule has 0 N–H and O–H groups in total. The molecule has 0 aromatic carbocycles. The minimum absolute atomic E-state index is 0.00932. The van der Waals surface area contributed by atoms with Crippen LogP contribution in [0.15, 0.2) is 12.2 Å². The lowest BCUT2D eigenvalue weighted by Gasteiger charge is -2.21. The fourth-order valence-electron chi connectivity index (χ4n) is 1.14. The molecule has 0 aromatic rings. The smallest absolute Gasteiger partial charge is 0.422 e. The Hall–Kier alpha value is -1.00. The lowest BCUT2D eigenvalue weighted by molar-refractivity contribution is -0.157. The molecular weight excluding hydrogens is 221 g/mol. The van der Waals surface area contributed by atoms with Gasteiger partial charge in [-0.25, -0.2) is 4.79 Å². The van der Waals surface area contributed by atoms with Crippen molar-refractivity contribution in [3.63, 3.8) is 0 Å². The third kappa shape index (κ3) is 4.68. The summed E-state index contributed by atoms with van der Waals surface area (Å²) in [6.45, 7) is 8.17. The molecule has 0 spiro atoms. The van der Waals surface area contributed by atoms with Crippen molar-refractivity contribution < 1.29 is 22.7 Å². The van der Waals surface area contributed by atoms with Gasteiger partial charge in [0.1, 0.15) is 11.7 Å². The van der Waals surface area contributed by atoms with Crippen molar-refractivity contribution in [1.29, 1.82) is 0 Å². The summed E-state index contributed by atoms with van der Waals surface area (Å²) >= 11 is 0. The molecule has 94 valence electrons. The SMILES string of the molecule is C=C(C(=O)OC(CCC)C(C)C)C(F)(F)F. The molecule has 0 saturated heterocycles. The highest BCUT2D eigenvalue weighted by Gasteiger charge is 2.38. The summed E-state index contributed by atoms with van der Waals surface area (Å²) in [5, 5.41) is 0. The van der Waals surface area contributed by atoms with Crippen LogP contribution in [0.2, 0.25) is 0 Å². The number of esters is 1. The van der Waals surface area contributed by atoms with Crippen molar-refractivity contribution in [2.75, 3.05) is 0 Å². The van der Waals surface area contributed by atoms with Crippen molar-refractivity contribution in [3.05, 3.63) is 12.2 Å². The first-order valence-corrected chi connectivity index (χ1v) is 5.17. The van der Waals surface area contributed by atoms with Crippen LogP contribution in [0, 0.1) is 5.92 Å². The van der Waals surface area contributed by atoms with E-state index in [1.54, 1.807) is 13.8 Å². The van der Waals surface area contributed by atoms with Crippen LogP contribution in [0.25, 0.3) is 0 Å². The van der Waals surface area contributed by atoms with Crippen LogP contribution in [0.5, 0.6) is 0 Å². The molecule has 0 fully saturated rings. The first-order chi connectivity index (χ1) is 7.20. The van der Waals surface area contributed by atoms with Crippen LogP contribution in [0.4, 0.5) is 13.2 Å². The molecule has 0 saturated carbocycles. The number of hydrogen-bond donors (Lipinski definition) is 0. The second-order valence-electron chi connectivity index (χ2n) is 3.95. The molecule has 0 bridgehead atoms. The number of halogens is 3. The zero-order chi connectivity index (χ0) is 12.9. The van der Waals surface area contributed by atoms with Crippen molar-refractivity contribution in [2.45, 2.75) is 45.9 Å². The van der Waals surface area contributed by atoms with E-state index in [4.69, 9.17) is 4.74 Å². The van der Waals surface area contributed by atoms with E-state index < -0.39 is 23.8 Å². The van der Waals surface area contributed by atoms with Gasteiger partial charge in [-0.05, 0) is 12.3 Å². The Morgan fingerprint density at radius 2 is 1.88 bits per heavy atom. The fraction of sp³-hybridized carbons (Fsp3) is 0.727. The Kier molecular flexibility index (Phi) is 5.55. The first kappa shape index (κ1) is 15.0. The molecule has 16 heavy (non-hydrogen) atoms. The minimum atomic E-state index is -4.72. The topological polar surface area (TPSA) is 26.3 Å². The van der Waals surface area contributed by atoms with E-state index in [2.05, 4.69) is 6.58 Å². The molecule has 0 rings (SSSR count). The van der Waals surface area contributed by atoms with Gasteiger partial charge in [0.25, 0.3) is 0 Å². The molecule has 0 aliphatic carbocycles. The zero-order valence-corrected chi connectivity index (χ0v) is 9.73. The predicted octanol–water partition coefficient (Wildman–Crippen LogP) is 3.47. The molecule has 1 atom stereocenters. The van der Waals surface area contributed by atoms with E-state index >= 15 is 0 Å². The summed E-state index contributed by atoms with van der Waals surface area (Å²) in [6.07, 6.45) is -3.91. The van der Waals surface area contributed by atoms with Gasteiger partial charge in [0.05, 0.1) is 0 Å². The molecule has 0 aliphatic rings. The summed E-state index contributed by atoms with van der Waals surface area (Å²) in [7, 11) is 0. The largest absolute Gasteiger partial charge is 0.459 e. The van der Waals surface area contributed by atoms with Crippen LogP contribution >= 0.6 is 0 Å². The normalized spacial score (nSPS) is 13.7. The fourth-order valence-corrected chi connectivity index (χ4v) is 1.14. The maximum absolute atomic E-state index is 12.1. The highest BCUT2D eigenvalue weighted by atomic mass is 19.4. The van der Waals surface area contributed by atoms with Crippen molar-refractivity contribution >= 4 is 5.97 Å². The number of hydrogen-bond acceptors (Lipinski definition) is 2. The van der Waals surface area contributed by atoms with E-state index in [1.165, 1.54) is 0 Å². The minimum Gasteiger partial charge on any atom is -0.459 e. The van der Waals surface area contributed by atoms with Crippen molar-refractivity contribution in [1.82, 2.24) is 0 Å². The third-order valence-electron chi connectivity index (χ3n) is 2.16. The molecule has 0 radical (unpaired) electrons. The number of carbonyl (C=O) groups excluding carboxylic acids is 1. The van der Waals surface area contributed by atoms with Crippen LogP contribution in [-0.2, 0) is 9.53 Å². The van der Waals surface area contributed by atoms with Gasteiger partial charge in [0.2, 0.25) is 0 Å². The number of alkyl halides is 3. The van der Waals surface area contributed by atoms with Crippen LogP contribution in [0.1, 0.15) is 33.6 Å².